The third-order valence-corrected chi connectivity index (χ3v) is 4.80. The molecule has 1 aromatic rings. The minimum absolute atomic E-state index is 0.0519. The van der Waals surface area contributed by atoms with Crippen LogP contribution in [0.3, 0.4) is 0 Å². The Hall–Kier alpha value is -0.580. The topological polar surface area (TPSA) is 38.0 Å². The van der Waals surface area contributed by atoms with Gasteiger partial charge in [-0.1, -0.05) is 12.5 Å². The molecular formula is C13H19FN2S. The van der Waals surface area contributed by atoms with Crippen LogP contribution in [-0.2, 0) is 0 Å². The number of aryl methyl sites for hydroxylation is 1. The summed E-state index contributed by atoms with van der Waals surface area (Å²) in [6, 6.07) is 4.98. The molecule has 0 amide bonds. The molecule has 2 unspecified atom stereocenters. The number of thioether (sulfide) groups is 1. The van der Waals surface area contributed by atoms with Crippen molar-refractivity contribution in [3.63, 3.8) is 0 Å². The molecule has 1 saturated heterocycles. The summed E-state index contributed by atoms with van der Waals surface area (Å²) in [5.41, 5.74) is 4.96. The van der Waals surface area contributed by atoms with Crippen LogP contribution in [0.1, 0.15) is 36.4 Å². The van der Waals surface area contributed by atoms with E-state index >= 15 is 0 Å². The molecular weight excluding hydrogens is 235 g/mol. The van der Waals surface area contributed by atoms with Gasteiger partial charge in [-0.2, -0.15) is 11.8 Å². The predicted molar refractivity (Wildman–Crippen MR) is 71.3 cm³/mol. The molecule has 1 aliphatic heterocycles. The first kappa shape index (κ1) is 12.9. The zero-order chi connectivity index (χ0) is 12.3. The van der Waals surface area contributed by atoms with Gasteiger partial charge in [-0.15, -0.1) is 0 Å². The van der Waals surface area contributed by atoms with E-state index < -0.39 is 0 Å². The standard InChI is InChI=1S/C13H19FN2S/c1-9-5-6-10(14)8-11(9)13(16-15)12-4-2-3-7-17-12/h5-6,8,12-13,16H,2-4,7,15H2,1H3. The van der Waals surface area contributed by atoms with Crippen LogP contribution in [0.2, 0.25) is 0 Å². The Morgan fingerprint density at radius 1 is 1.47 bits per heavy atom. The van der Waals surface area contributed by atoms with Gasteiger partial charge in [0.2, 0.25) is 0 Å². The van der Waals surface area contributed by atoms with Crippen LogP contribution in [0.15, 0.2) is 18.2 Å². The molecule has 0 spiro atoms. The van der Waals surface area contributed by atoms with Crippen LogP contribution in [0.5, 0.6) is 0 Å². The first-order chi connectivity index (χ1) is 8.22. The molecule has 0 saturated carbocycles. The van der Waals surface area contributed by atoms with Crippen molar-refractivity contribution in [3.05, 3.63) is 35.1 Å². The highest BCUT2D eigenvalue weighted by atomic mass is 32.2. The largest absolute Gasteiger partial charge is 0.271 e. The minimum Gasteiger partial charge on any atom is -0.271 e. The summed E-state index contributed by atoms with van der Waals surface area (Å²) in [4.78, 5) is 0. The van der Waals surface area contributed by atoms with Gasteiger partial charge >= 0.3 is 0 Å². The van der Waals surface area contributed by atoms with Crippen molar-refractivity contribution in [2.75, 3.05) is 5.75 Å². The van der Waals surface area contributed by atoms with E-state index in [-0.39, 0.29) is 11.9 Å². The first-order valence-corrected chi connectivity index (χ1v) is 7.11. The lowest BCUT2D eigenvalue weighted by molar-refractivity contribution is 0.487. The molecule has 3 N–H and O–H groups in total. The Labute approximate surface area is 106 Å². The van der Waals surface area contributed by atoms with E-state index in [0.717, 1.165) is 17.5 Å². The third-order valence-electron chi connectivity index (χ3n) is 3.34. The smallest absolute Gasteiger partial charge is 0.123 e. The van der Waals surface area contributed by atoms with Crippen LogP contribution in [-0.4, -0.2) is 11.0 Å². The monoisotopic (exact) mass is 254 g/mol. The number of rotatable bonds is 3. The van der Waals surface area contributed by atoms with Crippen molar-refractivity contribution < 1.29 is 4.39 Å². The second-order valence-corrected chi connectivity index (χ2v) is 5.90. The summed E-state index contributed by atoms with van der Waals surface area (Å²) in [6.45, 7) is 2.01. The average Bonchev–Trinajstić information content (AvgIpc) is 2.36. The molecule has 2 atom stereocenters. The van der Waals surface area contributed by atoms with Crippen LogP contribution < -0.4 is 11.3 Å². The SMILES string of the molecule is Cc1ccc(F)cc1C(NN)C1CCCCS1. The second kappa shape index (κ2) is 5.85. The molecule has 1 aliphatic rings. The van der Waals surface area contributed by atoms with Gasteiger partial charge in [-0.25, -0.2) is 4.39 Å². The first-order valence-electron chi connectivity index (χ1n) is 6.06. The highest BCUT2D eigenvalue weighted by molar-refractivity contribution is 8.00. The zero-order valence-corrected chi connectivity index (χ0v) is 10.9. The molecule has 0 radical (unpaired) electrons. The summed E-state index contributed by atoms with van der Waals surface area (Å²) in [6.07, 6.45) is 3.67. The Balaban J connectivity index is 2.24. The van der Waals surface area contributed by atoms with Crippen molar-refractivity contribution in [2.24, 2.45) is 5.84 Å². The summed E-state index contributed by atoms with van der Waals surface area (Å²) in [5, 5.41) is 0.453. The number of hydrogen-bond donors (Lipinski definition) is 2. The molecule has 2 nitrogen and oxygen atoms in total. The van der Waals surface area contributed by atoms with Gasteiger partial charge in [-0.05, 0) is 48.8 Å². The molecule has 2 rings (SSSR count). The minimum atomic E-state index is -0.188. The van der Waals surface area contributed by atoms with E-state index in [2.05, 4.69) is 5.43 Å². The summed E-state index contributed by atoms with van der Waals surface area (Å²) in [7, 11) is 0. The summed E-state index contributed by atoms with van der Waals surface area (Å²) < 4.78 is 13.3. The van der Waals surface area contributed by atoms with E-state index in [9.17, 15) is 4.39 Å². The van der Waals surface area contributed by atoms with Crippen LogP contribution in [0.4, 0.5) is 4.39 Å². The highest BCUT2D eigenvalue weighted by Gasteiger charge is 2.26. The van der Waals surface area contributed by atoms with Crippen LogP contribution in [0, 0.1) is 12.7 Å². The lowest BCUT2D eigenvalue weighted by atomic mass is 9.96. The van der Waals surface area contributed by atoms with Crippen LogP contribution in [0.25, 0.3) is 0 Å². The molecule has 17 heavy (non-hydrogen) atoms. The molecule has 94 valence electrons. The van der Waals surface area contributed by atoms with E-state index in [4.69, 9.17) is 5.84 Å². The van der Waals surface area contributed by atoms with Crippen LogP contribution >= 0.6 is 11.8 Å². The number of hydrogen-bond acceptors (Lipinski definition) is 3. The molecule has 1 aromatic carbocycles. The van der Waals surface area contributed by atoms with Gasteiger partial charge in [0.1, 0.15) is 5.82 Å². The van der Waals surface area contributed by atoms with Gasteiger partial charge in [0, 0.05) is 5.25 Å². The maximum absolute atomic E-state index is 13.3. The second-order valence-electron chi connectivity index (χ2n) is 4.55. The van der Waals surface area contributed by atoms with Gasteiger partial charge in [-0.3, -0.25) is 11.3 Å². The Morgan fingerprint density at radius 2 is 2.29 bits per heavy atom. The predicted octanol–water partition coefficient (Wildman–Crippen LogP) is 2.92. The molecule has 4 heteroatoms. The number of hydrazine groups is 1. The lowest BCUT2D eigenvalue weighted by Crippen LogP contribution is -2.36. The fraction of sp³-hybridized carbons (Fsp3) is 0.538. The molecule has 0 aromatic heterocycles. The van der Waals surface area contributed by atoms with Gasteiger partial charge in [0.25, 0.3) is 0 Å². The van der Waals surface area contributed by atoms with E-state index in [1.165, 1.54) is 24.7 Å². The van der Waals surface area contributed by atoms with Crippen molar-refractivity contribution in [1.82, 2.24) is 5.43 Å². The zero-order valence-electron chi connectivity index (χ0n) is 10.1. The van der Waals surface area contributed by atoms with E-state index in [1.54, 1.807) is 6.07 Å². The van der Waals surface area contributed by atoms with Gasteiger partial charge < -0.3 is 0 Å². The van der Waals surface area contributed by atoms with Crippen molar-refractivity contribution in [1.29, 1.82) is 0 Å². The Kier molecular flexibility index (Phi) is 4.42. The summed E-state index contributed by atoms with van der Waals surface area (Å²) in [5.74, 6) is 6.66. The van der Waals surface area contributed by atoms with E-state index in [0.29, 0.717) is 5.25 Å². The third kappa shape index (κ3) is 3.00. The average molecular weight is 254 g/mol. The summed E-state index contributed by atoms with van der Waals surface area (Å²) >= 11 is 1.94. The quantitative estimate of drug-likeness (QED) is 0.643. The highest BCUT2D eigenvalue weighted by Crippen LogP contribution is 2.35. The Morgan fingerprint density at radius 3 is 2.94 bits per heavy atom. The number of nitrogens with one attached hydrogen (secondary N) is 1. The normalized spacial score (nSPS) is 22.4. The van der Waals surface area contributed by atoms with E-state index in [1.807, 2.05) is 24.8 Å². The van der Waals surface area contributed by atoms with Crippen molar-refractivity contribution in [2.45, 2.75) is 37.5 Å². The number of nitrogens with two attached hydrogens (primary N) is 1. The van der Waals surface area contributed by atoms with Gasteiger partial charge in [0.05, 0.1) is 6.04 Å². The Bertz CT molecular complexity index is 378. The molecule has 1 heterocycles. The molecule has 0 aliphatic carbocycles. The molecule has 1 fully saturated rings. The molecule has 0 bridgehead atoms. The van der Waals surface area contributed by atoms with Crippen molar-refractivity contribution >= 4 is 11.8 Å². The maximum atomic E-state index is 13.3. The van der Waals surface area contributed by atoms with Gasteiger partial charge in [0.15, 0.2) is 0 Å². The maximum Gasteiger partial charge on any atom is 0.123 e. The fourth-order valence-corrected chi connectivity index (χ4v) is 3.80. The van der Waals surface area contributed by atoms with Crippen molar-refractivity contribution in [3.8, 4) is 0 Å². The number of halogens is 1. The fourth-order valence-electron chi connectivity index (χ4n) is 2.37. The lowest BCUT2D eigenvalue weighted by Gasteiger charge is -2.30. The number of benzene rings is 1.